The van der Waals surface area contributed by atoms with Gasteiger partial charge in [-0.25, -0.2) is 0 Å². The van der Waals surface area contributed by atoms with Gasteiger partial charge in [0.05, 0.1) is 12.7 Å². The SMILES string of the molecule is COc1ccc(CNCCN2CCCCC2)cc1C#N. The summed E-state index contributed by atoms with van der Waals surface area (Å²) < 4.78 is 5.15. The van der Waals surface area contributed by atoms with Gasteiger partial charge in [0.15, 0.2) is 0 Å². The third-order valence-electron chi connectivity index (χ3n) is 3.77. The van der Waals surface area contributed by atoms with Crippen LogP contribution in [0.2, 0.25) is 0 Å². The van der Waals surface area contributed by atoms with Crippen molar-refractivity contribution in [2.45, 2.75) is 25.8 Å². The minimum atomic E-state index is 0.600. The molecule has 0 atom stereocenters. The number of benzene rings is 1. The van der Waals surface area contributed by atoms with E-state index in [0.717, 1.165) is 25.2 Å². The van der Waals surface area contributed by atoms with Crippen molar-refractivity contribution in [3.05, 3.63) is 29.3 Å². The van der Waals surface area contributed by atoms with E-state index in [2.05, 4.69) is 16.3 Å². The van der Waals surface area contributed by atoms with E-state index in [1.54, 1.807) is 7.11 Å². The van der Waals surface area contributed by atoms with Crippen LogP contribution in [0.1, 0.15) is 30.4 Å². The molecule has 0 bridgehead atoms. The average molecular weight is 273 g/mol. The van der Waals surface area contributed by atoms with Crippen molar-refractivity contribution in [3.63, 3.8) is 0 Å². The van der Waals surface area contributed by atoms with Crippen LogP contribution in [0.4, 0.5) is 0 Å². The Balaban J connectivity index is 1.75. The number of nitrogens with zero attached hydrogens (tertiary/aromatic N) is 2. The molecule has 1 aromatic rings. The molecule has 20 heavy (non-hydrogen) atoms. The van der Waals surface area contributed by atoms with Crippen molar-refractivity contribution in [2.75, 3.05) is 33.3 Å². The lowest BCUT2D eigenvalue weighted by Gasteiger charge is -2.26. The Bertz CT molecular complexity index is 461. The Kier molecular flexibility index (Phi) is 5.85. The second-order valence-electron chi connectivity index (χ2n) is 5.23. The van der Waals surface area contributed by atoms with Crippen LogP contribution in [-0.2, 0) is 6.54 Å². The molecule has 4 heteroatoms. The molecule has 0 aliphatic carbocycles. The standard InChI is InChI=1S/C16H23N3O/c1-20-16-6-5-14(11-15(16)12-17)13-18-7-10-19-8-3-2-4-9-19/h5-6,11,18H,2-4,7-10,13H2,1H3. The first-order valence-corrected chi connectivity index (χ1v) is 7.33. The second-order valence-corrected chi connectivity index (χ2v) is 5.23. The zero-order valence-corrected chi connectivity index (χ0v) is 12.2. The van der Waals surface area contributed by atoms with Crippen molar-refractivity contribution in [1.29, 1.82) is 5.26 Å². The average Bonchev–Trinajstić information content (AvgIpc) is 2.52. The number of nitrogens with one attached hydrogen (secondary N) is 1. The van der Waals surface area contributed by atoms with Crippen molar-refractivity contribution in [1.82, 2.24) is 10.2 Å². The number of piperidine rings is 1. The maximum absolute atomic E-state index is 9.06. The van der Waals surface area contributed by atoms with E-state index in [4.69, 9.17) is 10.00 Å². The van der Waals surface area contributed by atoms with E-state index in [9.17, 15) is 0 Å². The van der Waals surface area contributed by atoms with Gasteiger partial charge in [-0.2, -0.15) is 5.26 Å². The first kappa shape index (κ1) is 14.8. The molecule has 0 amide bonds. The van der Waals surface area contributed by atoms with Crippen molar-refractivity contribution in [3.8, 4) is 11.8 Å². The van der Waals surface area contributed by atoms with Gasteiger partial charge in [-0.05, 0) is 43.6 Å². The topological polar surface area (TPSA) is 48.3 Å². The van der Waals surface area contributed by atoms with Gasteiger partial charge in [0, 0.05) is 19.6 Å². The summed E-state index contributed by atoms with van der Waals surface area (Å²) in [6.45, 7) is 5.38. The maximum atomic E-state index is 9.06. The van der Waals surface area contributed by atoms with Crippen LogP contribution in [0.25, 0.3) is 0 Å². The molecule has 0 spiro atoms. The van der Waals surface area contributed by atoms with Crippen LogP contribution < -0.4 is 10.1 Å². The molecule has 1 heterocycles. The smallest absolute Gasteiger partial charge is 0.136 e. The highest BCUT2D eigenvalue weighted by molar-refractivity contribution is 5.45. The Morgan fingerprint density at radius 1 is 1.30 bits per heavy atom. The molecule has 0 radical (unpaired) electrons. The highest BCUT2D eigenvalue weighted by atomic mass is 16.5. The van der Waals surface area contributed by atoms with Crippen LogP contribution in [0.5, 0.6) is 5.75 Å². The number of hydrogen-bond acceptors (Lipinski definition) is 4. The Hall–Kier alpha value is -1.57. The van der Waals surface area contributed by atoms with Gasteiger partial charge in [0.1, 0.15) is 11.8 Å². The number of ether oxygens (including phenoxy) is 1. The van der Waals surface area contributed by atoms with E-state index < -0.39 is 0 Å². The fraction of sp³-hybridized carbons (Fsp3) is 0.562. The summed E-state index contributed by atoms with van der Waals surface area (Å²) in [5.41, 5.74) is 1.73. The summed E-state index contributed by atoms with van der Waals surface area (Å²) in [5, 5.41) is 12.5. The predicted molar refractivity (Wildman–Crippen MR) is 79.7 cm³/mol. The van der Waals surface area contributed by atoms with Crippen LogP contribution in [-0.4, -0.2) is 38.2 Å². The number of methoxy groups -OCH3 is 1. The second kappa shape index (κ2) is 7.88. The Morgan fingerprint density at radius 3 is 2.80 bits per heavy atom. The minimum absolute atomic E-state index is 0.600. The fourth-order valence-electron chi connectivity index (χ4n) is 2.61. The minimum Gasteiger partial charge on any atom is -0.495 e. The summed E-state index contributed by atoms with van der Waals surface area (Å²) in [7, 11) is 1.59. The molecule has 108 valence electrons. The Morgan fingerprint density at radius 2 is 2.10 bits per heavy atom. The van der Waals surface area contributed by atoms with Crippen molar-refractivity contribution >= 4 is 0 Å². The zero-order valence-electron chi connectivity index (χ0n) is 12.2. The summed E-state index contributed by atoms with van der Waals surface area (Å²) in [4.78, 5) is 2.52. The third kappa shape index (κ3) is 4.22. The molecule has 4 nitrogen and oxygen atoms in total. The monoisotopic (exact) mass is 273 g/mol. The molecule has 1 N–H and O–H groups in total. The van der Waals surface area contributed by atoms with E-state index in [0.29, 0.717) is 11.3 Å². The van der Waals surface area contributed by atoms with Gasteiger partial charge < -0.3 is 15.0 Å². The van der Waals surface area contributed by atoms with Gasteiger partial charge in [0.25, 0.3) is 0 Å². The number of likely N-dealkylation sites (tertiary alicyclic amines) is 1. The van der Waals surface area contributed by atoms with Crippen LogP contribution in [0, 0.1) is 11.3 Å². The molecule has 0 aromatic heterocycles. The molecule has 1 aliphatic heterocycles. The molecule has 1 aliphatic rings. The summed E-state index contributed by atoms with van der Waals surface area (Å²) in [6, 6.07) is 7.93. The van der Waals surface area contributed by atoms with Crippen LogP contribution in [0.15, 0.2) is 18.2 Å². The molecule has 1 fully saturated rings. The van der Waals surface area contributed by atoms with Gasteiger partial charge >= 0.3 is 0 Å². The largest absolute Gasteiger partial charge is 0.495 e. The van der Waals surface area contributed by atoms with E-state index in [1.165, 1.54) is 32.4 Å². The molecule has 1 saturated heterocycles. The summed E-state index contributed by atoms with van der Waals surface area (Å²) in [5.74, 6) is 0.643. The first-order valence-electron chi connectivity index (χ1n) is 7.33. The first-order chi connectivity index (χ1) is 9.83. The zero-order chi connectivity index (χ0) is 14.2. The lowest BCUT2D eigenvalue weighted by atomic mass is 10.1. The highest BCUT2D eigenvalue weighted by Gasteiger charge is 2.09. The molecular formula is C16H23N3O. The van der Waals surface area contributed by atoms with Crippen molar-refractivity contribution < 1.29 is 4.74 Å². The molecule has 0 unspecified atom stereocenters. The van der Waals surface area contributed by atoms with Gasteiger partial charge in [-0.3, -0.25) is 0 Å². The summed E-state index contributed by atoms with van der Waals surface area (Å²) >= 11 is 0. The van der Waals surface area contributed by atoms with Gasteiger partial charge in [-0.1, -0.05) is 12.5 Å². The van der Waals surface area contributed by atoms with E-state index >= 15 is 0 Å². The third-order valence-corrected chi connectivity index (χ3v) is 3.77. The number of nitriles is 1. The molecule has 0 saturated carbocycles. The lowest BCUT2D eigenvalue weighted by molar-refractivity contribution is 0.229. The Labute approximate surface area is 121 Å². The van der Waals surface area contributed by atoms with E-state index in [1.807, 2.05) is 18.2 Å². The van der Waals surface area contributed by atoms with Crippen LogP contribution in [0.3, 0.4) is 0 Å². The van der Waals surface area contributed by atoms with Crippen molar-refractivity contribution in [2.24, 2.45) is 0 Å². The summed E-state index contributed by atoms with van der Waals surface area (Å²) in [6.07, 6.45) is 4.06. The molecule has 2 rings (SSSR count). The van der Waals surface area contributed by atoms with E-state index in [-0.39, 0.29) is 0 Å². The predicted octanol–water partition coefficient (Wildman–Crippen LogP) is 2.14. The lowest BCUT2D eigenvalue weighted by Crippen LogP contribution is -2.35. The normalized spacial score (nSPS) is 15.8. The fourth-order valence-corrected chi connectivity index (χ4v) is 2.61. The maximum Gasteiger partial charge on any atom is 0.136 e. The highest BCUT2D eigenvalue weighted by Crippen LogP contribution is 2.18. The molecule has 1 aromatic carbocycles. The molecular weight excluding hydrogens is 250 g/mol. The van der Waals surface area contributed by atoms with Gasteiger partial charge in [0.2, 0.25) is 0 Å². The van der Waals surface area contributed by atoms with Crippen LogP contribution >= 0.6 is 0 Å². The van der Waals surface area contributed by atoms with Gasteiger partial charge in [-0.15, -0.1) is 0 Å². The number of rotatable bonds is 6. The number of hydrogen-bond donors (Lipinski definition) is 1. The quantitative estimate of drug-likeness (QED) is 0.807.